The second-order valence-electron chi connectivity index (χ2n) is 5.24. The minimum Gasteiger partial charge on any atom is -0.309 e. The van der Waals surface area contributed by atoms with Gasteiger partial charge in [0.1, 0.15) is 5.82 Å². The number of anilines is 1. The highest BCUT2D eigenvalue weighted by atomic mass is 32.2. The molecule has 0 unspecified atom stereocenters. The molecule has 1 amide bonds. The number of thioether (sulfide) groups is 1. The second-order valence-corrected chi connectivity index (χ2v) is 6.42. The van der Waals surface area contributed by atoms with Crippen LogP contribution < -0.4 is 5.32 Å². The molecular formula is C16H19N3OS. The molecule has 1 aromatic heterocycles. The van der Waals surface area contributed by atoms with Gasteiger partial charge in [-0.15, -0.1) is 0 Å². The third kappa shape index (κ3) is 2.70. The maximum absolute atomic E-state index is 12.3. The van der Waals surface area contributed by atoms with E-state index < -0.39 is 0 Å². The minimum atomic E-state index is -0.0684. The summed E-state index contributed by atoms with van der Waals surface area (Å²) >= 11 is 1.55. The Morgan fingerprint density at radius 3 is 2.81 bits per heavy atom. The van der Waals surface area contributed by atoms with E-state index in [1.807, 2.05) is 48.2 Å². The molecule has 0 bridgehead atoms. The van der Waals surface area contributed by atoms with Crippen molar-refractivity contribution in [1.29, 1.82) is 0 Å². The van der Waals surface area contributed by atoms with Crippen molar-refractivity contribution in [2.45, 2.75) is 31.4 Å². The number of hydrogen-bond donors (Lipinski definition) is 1. The smallest absolute Gasteiger partial charge is 0.238 e. The molecule has 0 saturated heterocycles. The van der Waals surface area contributed by atoms with Crippen LogP contribution in [0, 0.1) is 0 Å². The number of aromatic nitrogens is 2. The van der Waals surface area contributed by atoms with Gasteiger partial charge in [-0.3, -0.25) is 4.79 Å². The predicted molar refractivity (Wildman–Crippen MR) is 87.2 cm³/mol. The summed E-state index contributed by atoms with van der Waals surface area (Å²) in [4.78, 5) is 12.3. The Morgan fingerprint density at radius 1 is 1.33 bits per heavy atom. The van der Waals surface area contributed by atoms with E-state index in [1.165, 1.54) is 5.56 Å². The van der Waals surface area contributed by atoms with Crippen molar-refractivity contribution in [2.75, 3.05) is 11.6 Å². The van der Waals surface area contributed by atoms with Crippen LogP contribution in [0.15, 0.2) is 30.3 Å². The maximum atomic E-state index is 12.3. The lowest BCUT2D eigenvalue weighted by atomic mass is 10.2. The third-order valence-corrected chi connectivity index (χ3v) is 4.79. The summed E-state index contributed by atoms with van der Waals surface area (Å²) in [5, 5.41) is 7.71. The number of para-hydroxylation sites is 1. The van der Waals surface area contributed by atoms with Crippen molar-refractivity contribution in [3.05, 3.63) is 41.6 Å². The van der Waals surface area contributed by atoms with Crippen LogP contribution in [0.3, 0.4) is 0 Å². The zero-order valence-corrected chi connectivity index (χ0v) is 13.1. The summed E-state index contributed by atoms with van der Waals surface area (Å²) in [6.45, 7) is 1.92. The van der Waals surface area contributed by atoms with Gasteiger partial charge in [0, 0.05) is 5.56 Å². The van der Waals surface area contributed by atoms with E-state index in [0.29, 0.717) is 0 Å². The molecule has 4 nitrogen and oxygen atoms in total. The van der Waals surface area contributed by atoms with Gasteiger partial charge in [-0.1, -0.05) is 18.2 Å². The number of carbonyl (C=O) groups is 1. The molecule has 3 rings (SSSR count). The summed E-state index contributed by atoms with van der Waals surface area (Å²) in [7, 11) is 0. The van der Waals surface area contributed by atoms with Gasteiger partial charge in [-0.25, -0.2) is 4.68 Å². The summed E-state index contributed by atoms with van der Waals surface area (Å²) < 4.78 is 1.87. The Labute approximate surface area is 128 Å². The second kappa shape index (κ2) is 5.93. The molecule has 2 aromatic rings. The van der Waals surface area contributed by atoms with Crippen LogP contribution in [0.4, 0.5) is 5.82 Å². The first-order valence-electron chi connectivity index (χ1n) is 7.20. The highest BCUT2D eigenvalue weighted by Gasteiger charge is 2.25. The number of aryl methyl sites for hydroxylation is 1. The Bertz CT molecular complexity index is 651. The summed E-state index contributed by atoms with van der Waals surface area (Å²) in [5.74, 6) is 0.883. The average molecular weight is 301 g/mol. The molecule has 5 heteroatoms. The molecule has 0 saturated carbocycles. The number of nitrogens with one attached hydrogen (secondary N) is 1. The van der Waals surface area contributed by atoms with Crippen LogP contribution >= 0.6 is 11.8 Å². The molecule has 1 atom stereocenters. The Balaban J connectivity index is 2.00. The van der Waals surface area contributed by atoms with Crippen LogP contribution in [0.2, 0.25) is 0 Å². The van der Waals surface area contributed by atoms with Gasteiger partial charge in [0.2, 0.25) is 5.91 Å². The fourth-order valence-electron chi connectivity index (χ4n) is 2.60. The van der Waals surface area contributed by atoms with E-state index in [-0.39, 0.29) is 11.2 Å². The fraction of sp³-hybridized carbons (Fsp3) is 0.375. The monoisotopic (exact) mass is 301 g/mol. The van der Waals surface area contributed by atoms with Gasteiger partial charge >= 0.3 is 0 Å². The number of nitrogens with zero attached hydrogens (tertiary/aromatic N) is 2. The lowest BCUT2D eigenvalue weighted by Crippen LogP contribution is -2.24. The van der Waals surface area contributed by atoms with Crippen molar-refractivity contribution < 1.29 is 4.79 Å². The number of carbonyl (C=O) groups excluding carboxylic acids is 1. The van der Waals surface area contributed by atoms with Gasteiger partial charge in [-0.2, -0.15) is 16.9 Å². The zero-order chi connectivity index (χ0) is 14.8. The number of rotatable bonds is 4. The van der Waals surface area contributed by atoms with Gasteiger partial charge in [-0.05, 0) is 44.6 Å². The topological polar surface area (TPSA) is 46.9 Å². The number of hydrogen-bond acceptors (Lipinski definition) is 3. The lowest BCUT2D eigenvalue weighted by Gasteiger charge is -2.13. The van der Waals surface area contributed by atoms with E-state index in [9.17, 15) is 4.79 Å². The first kappa shape index (κ1) is 14.2. The first-order chi connectivity index (χ1) is 10.2. The average Bonchev–Trinajstić information content (AvgIpc) is 3.10. The van der Waals surface area contributed by atoms with E-state index in [1.54, 1.807) is 11.8 Å². The zero-order valence-electron chi connectivity index (χ0n) is 12.3. The van der Waals surface area contributed by atoms with Crippen LogP contribution in [0.5, 0.6) is 0 Å². The lowest BCUT2D eigenvalue weighted by molar-refractivity contribution is -0.115. The van der Waals surface area contributed by atoms with Gasteiger partial charge in [0.05, 0.1) is 16.6 Å². The van der Waals surface area contributed by atoms with Crippen molar-refractivity contribution in [3.63, 3.8) is 0 Å². The molecule has 0 radical (unpaired) electrons. The van der Waals surface area contributed by atoms with Crippen molar-refractivity contribution in [1.82, 2.24) is 9.78 Å². The van der Waals surface area contributed by atoms with E-state index >= 15 is 0 Å². The minimum absolute atomic E-state index is 0.0364. The highest BCUT2D eigenvalue weighted by molar-refractivity contribution is 7.99. The predicted octanol–water partition coefficient (Wildman–Crippen LogP) is 3.05. The SMILES string of the molecule is CS[C@H](C)C(=O)Nc1c2c(nn1-c1ccccc1)CCC2. The van der Waals surface area contributed by atoms with Crippen molar-refractivity contribution >= 4 is 23.5 Å². The molecule has 0 spiro atoms. The summed E-state index contributed by atoms with van der Waals surface area (Å²) in [6, 6.07) is 9.97. The van der Waals surface area contributed by atoms with Gasteiger partial charge in [0.15, 0.2) is 0 Å². The maximum Gasteiger partial charge on any atom is 0.238 e. The third-order valence-electron chi connectivity index (χ3n) is 3.87. The van der Waals surface area contributed by atoms with Crippen LogP contribution in [0.1, 0.15) is 24.6 Å². The molecule has 0 fully saturated rings. The van der Waals surface area contributed by atoms with E-state index in [2.05, 4.69) is 5.32 Å². The number of amides is 1. The molecule has 1 aliphatic rings. The molecule has 0 aliphatic heterocycles. The van der Waals surface area contributed by atoms with E-state index in [0.717, 1.165) is 36.5 Å². The fourth-order valence-corrected chi connectivity index (χ4v) is 2.87. The normalized spacial score (nSPS) is 14.8. The van der Waals surface area contributed by atoms with Gasteiger partial charge < -0.3 is 5.32 Å². The Hall–Kier alpha value is -1.75. The van der Waals surface area contributed by atoms with Gasteiger partial charge in [0.25, 0.3) is 0 Å². The molecule has 1 aromatic carbocycles. The largest absolute Gasteiger partial charge is 0.309 e. The summed E-state index contributed by atoms with van der Waals surface area (Å²) in [5.41, 5.74) is 3.30. The molecule has 1 aliphatic carbocycles. The van der Waals surface area contributed by atoms with E-state index in [4.69, 9.17) is 5.10 Å². The molecule has 1 heterocycles. The molecule has 110 valence electrons. The highest BCUT2D eigenvalue weighted by Crippen LogP contribution is 2.31. The standard InChI is InChI=1S/C16H19N3OS/c1-11(21-2)16(20)17-15-13-9-6-10-14(13)18-19(15)12-7-4-3-5-8-12/h3-5,7-8,11H,6,9-10H2,1-2H3,(H,17,20)/t11-/m1/s1. The van der Waals surface area contributed by atoms with Crippen molar-refractivity contribution in [2.24, 2.45) is 0 Å². The molecular weight excluding hydrogens is 282 g/mol. The van der Waals surface area contributed by atoms with Crippen LogP contribution in [-0.4, -0.2) is 27.2 Å². The number of benzene rings is 1. The Morgan fingerprint density at radius 2 is 2.10 bits per heavy atom. The molecule has 21 heavy (non-hydrogen) atoms. The van der Waals surface area contributed by atoms with Crippen molar-refractivity contribution in [3.8, 4) is 5.69 Å². The van der Waals surface area contributed by atoms with Crippen LogP contribution in [0.25, 0.3) is 5.69 Å². The number of fused-ring (bicyclic) bond motifs is 1. The quantitative estimate of drug-likeness (QED) is 0.944. The molecule has 1 N–H and O–H groups in total. The Kier molecular flexibility index (Phi) is 4.01. The van der Waals surface area contributed by atoms with Crippen LogP contribution in [-0.2, 0) is 17.6 Å². The summed E-state index contributed by atoms with van der Waals surface area (Å²) in [6.07, 6.45) is 5.05. The first-order valence-corrected chi connectivity index (χ1v) is 8.49.